The van der Waals surface area contributed by atoms with E-state index in [1.165, 1.54) is 27.7 Å². The van der Waals surface area contributed by atoms with Gasteiger partial charge in [-0.05, 0) is 53.5 Å². The highest BCUT2D eigenvalue weighted by molar-refractivity contribution is 14.1. The van der Waals surface area contributed by atoms with Gasteiger partial charge in [-0.3, -0.25) is 4.68 Å². The first kappa shape index (κ1) is 14.3. The number of aromatic nitrogens is 2. The number of nitrogens with one attached hydrogen (secondary N) is 1. The first-order valence-corrected chi connectivity index (χ1v) is 8.72. The lowest BCUT2D eigenvalue weighted by Gasteiger charge is -2.23. The van der Waals surface area contributed by atoms with Gasteiger partial charge in [-0.25, -0.2) is 0 Å². The van der Waals surface area contributed by atoms with Gasteiger partial charge in [0.15, 0.2) is 0 Å². The van der Waals surface area contributed by atoms with Gasteiger partial charge in [-0.2, -0.15) is 5.10 Å². The van der Waals surface area contributed by atoms with Gasteiger partial charge < -0.3 is 10.1 Å². The van der Waals surface area contributed by atoms with E-state index in [-0.39, 0.29) is 0 Å². The predicted molar refractivity (Wildman–Crippen MR) is 90.4 cm³/mol. The molecule has 0 spiro atoms. The number of ether oxygens (including phenoxy) is 1. The molecule has 3 rings (SSSR count). The Morgan fingerprint density at radius 2 is 2.50 bits per heavy atom. The summed E-state index contributed by atoms with van der Waals surface area (Å²) in [6.45, 7) is 1.49. The lowest BCUT2D eigenvalue weighted by Crippen LogP contribution is -2.15. The van der Waals surface area contributed by atoms with Crippen LogP contribution in [0.4, 0.5) is 5.69 Å². The van der Waals surface area contributed by atoms with Gasteiger partial charge in [0.1, 0.15) is 0 Å². The highest BCUT2D eigenvalue weighted by Crippen LogP contribution is 2.37. The molecule has 4 nitrogen and oxygen atoms in total. The van der Waals surface area contributed by atoms with E-state index in [1.807, 2.05) is 22.2 Å². The third kappa shape index (κ3) is 3.17. The van der Waals surface area contributed by atoms with Crippen LogP contribution in [-0.2, 0) is 17.7 Å². The number of anilines is 1. The summed E-state index contributed by atoms with van der Waals surface area (Å²) in [6.07, 6.45) is 7.66. The Morgan fingerprint density at radius 1 is 1.60 bits per heavy atom. The van der Waals surface area contributed by atoms with Gasteiger partial charge in [0, 0.05) is 18.2 Å². The number of halogens is 1. The monoisotopic (exact) mass is 403 g/mol. The molecular formula is C14H18IN3OS. The van der Waals surface area contributed by atoms with Crippen molar-refractivity contribution in [2.45, 2.75) is 31.8 Å². The van der Waals surface area contributed by atoms with Gasteiger partial charge in [0.05, 0.1) is 34.0 Å². The lowest BCUT2D eigenvalue weighted by atomic mass is 9.94. The highest BCUT2D eigenvalue weighted by Gasteiger charge is 2.22. The van der Waals surface area contributed by atoms with Gasteiger partial charge in [0.25, 0.3) is 0 Å². The standard InChI is InChI=1S/C14H18IN3OS/c1-19-6-5-18-9-10(8-16-18)17-12-3-2-4-13-11(12)7-14(15)20-13/h7-9,12,17H,2-6H2,1H3. The van der Waals surface area contributed by atoms with Gasteiger partial charge >= 0.3 is 0 Å². The molecular weight excluding hydrogens is 385 g/mol. The second-order valence-electron chi connectivity index (χ2n) is 5.00. The molecule has 1 aliphatic carbocycles. The fourth-order valence-corrected chi connectivity index (χ4v) is 4.74. The number of nitrogens with zero attached hydrogens (tertiary/aromatic N) is 2. The Labute approximate surface area is 136 Å². The maximum absolute atomic E-state index is 5.07. The second kappa shape index (κ2) is 6.44. The third-order valence-electron chi connectivity index (χ3n) is 3.58. The zero-order chi connectivity index (χ0) is 13.9. The van der Waals surface area contributed by atoms with Crippen LogP contribution in [0, 0.1) is 2.88 Å². The molecule has 1 aliphatic rings. The number of hydrogen-bond donors (Lipinski definition) is 1. The van der Waals surface area contributed by atoms with Gasteiger partial charge in [-0.1, -0.05) is 0 Å². The van der Waals surface area contributed by atoms with Crippen LogP contribution in [0.1, 0.15) is 29.3 Å². The number of methoxy groups -OCH3 is 1. The fourth-order valence-electron chi connectivity index (χ4n) is 2.62. The Morgan fingerprint density at radius 3 is 3.35 bits per heavy atom. The SMILES string of the molecule is COCCn1cc(NC2CCCc3sc(I)cc32)cn1. The first-order chi connectivity index (χ1) is 9.76. The van der Waals surface area contributed by atoms with Crippen molar-refractivity contribution in [3.8, 4) is 0 Å². The molecule has 0 radical (unpaired) electrons. The molecule has 6 heteroatoms. The maximum atomic E-state index is 5.07. The van der Waals surface area contributed by atoms with Crippen molar-refractivity contribution < 1.29 is 4.74 Å². The predicted octanol–water partition coefficient (Wildman–Crippen LogP) is 3.69. The molecule has 0 saturated carbocycles. The molecule has 1 atom stereocenters. The van der Waals surface area contributed by atoms with E-state index in [4.69, 9.17) is 4.74 Å². The summed E-state index contributed by atoms with van der Waals surface area (Å²) in [6, 6.07) is 2.76. The van der Waals surface area contributed by atoms with Crippen molar-refractivity contribution in [2.24, 2.45) is 0 Å². The summed E-state index contributed by atoms with van der Waals surface area (Å²) in [7, 11) is 1.71. The van der Waals surface area contributed by atoms with Crippen LogP contribution in [0.5, 0.6) is 0 Å². The Balaban J connectivity index is 1.70. The summed E-state index contributed by atoms with van der Waals surface area (Å²) < 4.78 is 8.38. The molecule has 1 N–H and O–H groups in total. The molecule has 2 aromatic heterocycles. The number of fused-ring (bicyclic) bond motifs is 1. The molecule has 0 bridgehead atoms. The van der Waals surface area contributed by atoms with Crippen molar-refractivity contribution >= 4 is 39.6 Å². The average Bonchev–Trinajstić information content (AvgIpc) is 3.02. The van der Waals surface area contributed by atoms with E-state index in [0.29, 0.717) is 12.6 Å². The smallest absolute Gasteiger partial charge is 0.0731 e. The van der Waals surface area contributed by atoms with E-state index in [1.54, 1.807) is 12.0 Å². The van der Waals surface area contributed by atoms with Crippen LogP contribution in [0.25, 0.3) is 0 Å². The van der Waals surface area contributed by atoms with Crippen molar-refractivity contribution in [1.82, 2.24) is 9.78 Å². The molecule has 2 heterocycles. The summed E-state index contributed by atoms with van der Waals surface area (Å²) >= 11 is 4.35. The highest BCUT2D eigenvalue weighted by atomic mass is 127. The molecule has 108 valence electrons. The van der Waals surface area contributed by atoms with E-state index < -0.39 is 0 Å². The fraction of sp³-hybridized carbons (Fsp3) is 0.500. The van der Waals surface area contributed by atoms with Crippen molar-refractivity contribution in [1.29, 1.82) is 0 Å². The minimum Gasteiger partial charge on any atom is -0.383 e. The summed E-state index contributed by atoms with van der Waals surface area (Å²) in [4.78, 5) is 1.55. The van der Waals surface area contributed by atoms with Crippen LogP contribution in [0.2, 0.25) is 0 Å². The third-order valence-corrected chi connectivity index (χ3v) is 5.55. The normalized spacial score (nSPS) is 18.0. The Kier molecular flexibility index (Phi) is 4.62. The second-order valence-corrected chi connectivity index (χ2v) is 8.03. The Bertz CT molecular complexity index is 581. The van der Waals surface area contributed by atoms with Gasteiger partial charge in [-0.15, -0.1) is 11.3 Å². The van der Waals surface area contributed by atoms with E-state index in [2.05, 4.69) is 45.3 Å². The van der Waals surface area contributed by atoms with Crippen molar-refractivity contribution in [3.63, 3.8) is 0 Å². The van der Waals surface area contributed by atoms with E-state index in [0.717, 1.165) is 12.2 Å². The van der Waals surface area contributed by atoms with Crippen LogP contribution < -0.4 is 5.32 Å². The van der Waals surface area contributed by atoms with Crippen molar-refractivity contribution in [2.75, 3.05) is 19.0 Å². The Hall–Kier alpha value is -0.600. The number of aryl methyl sites for hydroxylation is 1. The summed E-state index contributed by atoms with van der Waals surface area (Å²) in [5, 5.41) is 7.98. The van der Waals surface area contributed by atoms with Gasteiger partial charge in [0.2, 0.25) is 0 Å². The van der Waals surface area contributed by atoms with Crippen LogP contribution in [0.3, 0.4) is 0 Å². The molecule has 0 fully saturated rings. The zero-order valence-electron chi connectivity index (χ0n) is 11.4. The average molecular weight is 403 g/mol. The summed E-state index contributed by atoms with van der Waals surface area (Å²) in [5.74, 6) is 0. The lowest BCUT2D eigenvalue weighted by molar-refractivity contribution is 0.183. The minimum absolute atomic E-state index is 0.429. The molecule has 0 saturated heterocycles. The minimum atomic E-state index is 0.429. The quantitative estimate of drug-likeness (QED) is 0.775. The van der Waals surface area contributed by atoms with Crippen LogP contribution in [0.15, 0.2) is 18.5 Å². The zero-order valence-corrected chi connectivity index (χ0v) is 14.4. The summed E-state index contributed by atoms with van der Waals surface area (Å²) in [5.41, 5.74) is 2.58. The van der Waals surface area contributed by atoms with Crippen LogP contribution in [-0.4, -0.2) is 23.5 Å². The molecule has 0 amide bonds. The largest absolute Gasteiger partial charge is 0.383 e. The van der Waals surface area contributed by atoms with E-state index in [9.17, 15) is 0 Å². The molecule has 0 aromatic carbocycles. The molecule has 1 unspecified atom stereocenters. The molecule has 2 aromatic rings. The number of hydrogen-bond acceptors (Lipinski definition) is 4. The van der Waals surface area contributed by atoms with E-state index >= 15 is 0 Å². The number of thiophene rings is 1. The van der Waals surface area contributed by atoms with Crippen molar-refractivity contribution in [3.05, 3.63) is 31.8 Å². The topological polar surface area (TPSA) is 39.1 Å². The molecule has 0 aliphatic heterocycles. The maximum Gasteiger partial charge on any atom is 0.0731 e. The number of rotatable bonds is 5. The first-order valence-electron chi connectivity index (χ1n) is 6.82. The van der Waals surface area contributed by atoms with Crippen LogP contribution >= 0.6 is 33.9 Å². The molecule has 20 heavy (non-hydrogen) atoms.